The van der Waals surface area contributed by atoms with Gasteiger partial charge in [-0.15, -0.1) is 0 Å². The monoisotopic (exact) mass is 220 g/mol. The van der Waals surface area contributed by atoms with Crippen LogP contribution in [0.5, 0.6) is 0 Å². The fraction of sp³-hybridized carbons (Fsp3) is 0.417. The first kappa shape index (κ1) is 11.0. The lowest BCUT2D eigenvalue weighted by atomic mass is 10.0. The molecule has 1 aromatic carbocycles. The maximum Gasteiger partial charge on any atom is 0.325 e. The summed E-state index contributed by atoms with van der Waals surface area (Å²) in [5.74, 6) is -0.254. The van der Waals surface area contributed by atoms with Gasteiger partial charge in [-0.25, -0.2) is 0 Å². The van der Waals surface area contributed by atoms with Crippen molar-refractivity contribution in [2.24, 2.45) is 0 Å². The van der Waals surface area contributed by atoms with E-state index in [9.17, 15) is 4.79 Å². The molecule has 86 valence electrons. The summed E-state index contributed by atoms with van der Waals surface area (Å²) in [5, 5.41) is 6.37. The van der Waals surface area contributed by atoms with Crippen LogP contribution in [0, 0.1) is 0 Å². The van der Waals surface area contributed by atoms with Gasteiger partial charge in [0.05, 0.1) is 7.11 Å². The van der Waals surface area contributed by atoms with Gasteiger partial charge in [0.15, 0.2) is 0 Å². The summed E-state index contributed by atoms with van der Waals surface area (Å²) < 4.78 is 4.57. The summed E-state index contributed by atoms with van der Waals surface area (Å²) in [6.07, 6.45) is 1.08. The maximum atomic E-state index is 11.0. The van der Waals surface area contributed by atoms with Crippen LogP contribution in [0.1, 0.15) is 11.1 Å². The van der Waals surface area contributed by atoms with Gasteiger partial charge in [-0.05, 0) is 36.2 Å². The molecule has 1 aromatic rings. The Morgan fingerprint density at radius 3 is 3.19 bits per heavy atom. The summed E-state index contributed by atoms with van der Waals surface area (Å²) in [6.45, 7) is 2.16. The van der Waals surface area contributed by atoms with Gasteiger partial charge in [-0.2, -0.15) is 0 Å². The average molecular weight is 220 g/mol. The third kappa shape index (κ3) is 2.52. The minimum atomic E-state index is -0.254. The number of rotatable bonds is 3. The molecule has 2 rings (SSSR count). The summed E-state index contributed by atoms with van der Waals surface area (Å²) in [7, 11) is 1.39. The molecule has 0 aliphatic carbocycles. The highest BCUT2D eigenvalue weighted by molar-refractivity contribution is 5.74. The normalized spacial score (nSPS) is 14.1. The van der Waals surface area contributed by atoms with Crippen LogP contribution in [0.2, 0.25) is 0 Å². The smallest absolute Gasteiger partial charge is 0.325 e. The first-order chi connectivity index (χ1) is 7.79. The summed E-state index contributed by atoms with van der Waals surface area (Å²) in [6, 6.07) is 6.22. The van der Waals surface area contributed by atoms with Gasteiger partial charge >= 0.3 is 5.97 Å². The SMILES string of the molecule is COC(=O)CNc1ccc2c(c1)CNCC2. The average Bonchev–Trinajstić information content (AvgIpc) is 2.35. The Morgan fingerprint density at radius 1 is 1.50 bits per heavy atom. The Bertz CT molecular complexity index is 391. The number of methoxy groups -OCH3 is 1. The van der Waals surface area contributed by atoms with E-state index in [2.05, 4.69) is 27.5 Å². The van der Waals surface area contributed by atoms with Crippen LogP contribution in [0.4, 0.5) is 5.69 Å². The Morgan fingerprint density at radius 2 is 2.38 bits per heavy atom. The van der Waals surface area contributed by atoms with Crippen molar-refractivity contribution in [2.45, 2.75) is 13.0 Å². The van der Waals surface area contributed by atoms with E-state index < -0.39 is 0 Å². The van der Waals surface area contributed by atoms with Gasteiger partial charge < -0.3 is 15.4 Å². The number of benzene rings is 1. The van der Waals surface area contributed by atoms with Gasteiger partial charge in [0.25, 0.3) is 0 Å². The van der Waals surface area contributed by atoms with Gasteiger partial charge in [0.2, 0.25) is 0 Å². The molecule has 4 heteroatoms. The third-order valence-corrected chi connectivity index (χ3v) is 2.76. The van der Waals surface area contributed by atoms with Crippen LogP contribution < -0.4 is 10.6 Å². The van der Waals surface area contributed by atoms with Crippen LogP contribution in [-0.4, -0.2) is 26.2 Å². The van der Waals surface area contributed by atoms with Crippen molar-refractivity contribution in [2.75, 3.05) is 25.5 Å². The largest absolute Gasteiger partial charge is 0.468 e. The molecule has 0 unspecified atom stereocenters. The second-order valence-electron chi connectivity index (χ2n) is 3.84. The lowest BCUT2D eigenvalue weighted by molar-refractivity contribution is -0.138. The van der Waals surface area contributed by atoms with Crippen molar-refractivity contribution < 1.29 is 9.53 Å². The Kier molecular flexibility index (Phi) is 3.41. The van der Waals surface area contributed by atoms with Crippen molar-refractivity contribution in [3.8, 4) is 0 Å². The highest BCUT2D eigenvalue weighted by Crippen LogP contribution is 2.18. The number of hydrogen-bond donors (Lipinski definition) is 2. The molecule has 0 bridgehead atoms. The second kappa shape index (κ2) is 4.99. The predicted octanol–water partition coefficient (Wildman–Crippen LogP) is 0.917. The Labute approximate surface area is 95.0 Å². The first-order valence-electron chi connectivity index (χ1n) is 5.43. The molecule has 0 saturated heterocycles. The molecular weight excluding hydrogens is 204 g/mol. The number of anilines is 1. The molecule has 0 amide bonds. The van der Waals surface area contributed by atoms with E-state index in [1.165, 1.54) is 18.2 Å². The van der Waals surface area contributed by atoms with Gasteiger partial charge in [-0.1, -0.05) is 6.07 Å². The zero-order valence-corrected chi connectivity index (χ0v) is 9.38. The number of nitrogens with one attached hydrogen (secondary N) is 2. The van der Waals surface area contributed by atoms with E-state index in [4.69, 9.17) is 0 Å². The number of esters is 1. The molecule has 0 saturated carbocycles. The number of carbonyl (C=O) groups excluding carboxylic acids is 1. The maximum absolute atomic E-state index is 11.0. The van der Waals surface area contributed by atoms with E-state index >= 15 is 0 Å². The minimum absolute atomic E-state index is 0.211. The van der Waals surface area contributed by atoms with Crippen molar-refractivity contribution >= 4 is 11.7 Å². The van der Waals surface area contributed by atoms with Crippen LogP contribution in [0.15, 0.2) is 18.2 Å². The highest BCUT2D eigenvalue weighted by Gasteiger charge is 2.09. The number of fused-ring (bicyclic) bond motifs is 1. The van der Waals surface area contributed by atoms with Crippen molar-refractivity contribution in [3.63, 3.8) is 0 Å². The number of ether oxygens (including phenoxy) is 1. The van der Waals surface area contributed by atoms with Gasteiger partial charge in [-0.3, -0.25) is 4.79 Å². The zero-order chi connectivity index (χ0) is 11.4. The van der Waals surface area contributed by atoms with Crippen molar-refractivity contribution in [1.29, 1.82) is 0 Å². The predicted molar refractivity (Wildman–Crippen MR) is 62.4 cm³/mol. The molecule has 0 spiro atoms. The zero-order valence-electron chi connectivity index (χ0n) is 9.38. The van der Waals surface area contributed by atoms with E-state index in [0.29, 0.717) is 0 Å². The standard InChI is InChI=1S/C12H16N2O2/c1-16-12(15)8-14-11-3-2-9-4-5-13-7-10(9)6-11/h2-3,6,13-14H,4-5,7-8H2,1H3. The van der Waals surface area contributed by atoms with E-state index in [1.54, 1.807) is 0 Å². The first-order valence-corrected chi connectivity index (χ1v) is 5.43. The van der Waals surface area contributed by atoms with E-state index in [-0.39, 0.29) is 12.5 Å². The quantitative estimate of drug-likeness (QED) is 0.744. The molecule has 4 nitrogen and oxygen atoms in total. The van der Waals surface area contributed by atoms with Gasteiger partial charge in [0, 0.05) is 12.2 Å². The minimum Gasteiger partial charge on any atom is -0.468 e. The molecule has 1 aliphatic heterocycles. The molecule has 0 aromatic heterocycles. The van der Waals surface area contributed by atoms with Crippen molar-refractivity contribution in [1.82, 2.24) is 5.32 Å². The van der Waals surface area contributed by atoms with E-state index in [0.717, 1.165) is 25.2 Å². The fourth-order valence-electron chi connectivity index (χ4n) is 1.84. The molecule has 0 fully saturated rings. The lowest BCUT2D eigenvalue weighted by Gasteiger charge is -2.18. The Balaban J connectivity index is 2.03. The second-order valence-corrected chi connectivity index (χ2v) is 3.84. The Hall–Kier alpha value is -1.55. The number of carbonyl (C=O) groups is 1. The summed E-state index contributed by atoms with van der Waals surface area (Å²) >= 11 is 0. The molecule has 0 atom stereocenters. The molecule has 1 heterocycles. The molecule has 0 radical (unpaired) electrons. The van der Waals surface area contributed by atoms with Crippen molar-refractivity contribution in [3.05, 3.63) is 29.3 Å². The van der Waals surface area contributed by atoms with E-state index in [1.807, 2.05) is 6.07 Å². The lowest BCUT2D eigenvalue weighted by Crippen LogP contribution is -2.23. The van der Waals surface area contributed by atoms with Gasteiger partial charge in [0.1, 0.15) is 6.54 Å². The molecular formula is C12H16N2O2. The fourth-order valence-corrected chi connectivity index (χ4v) is 1.84. The van der Waals surface area contributed by atoms with Crippen LogP contribution in [-0.2, 0) is 22.5 Å². The summed E-state index contributed by atoms with van der Waals surface area (Å²) in [5.41, 5.74) is 3.66. The molecule has 2 N–H and O–H groups in total. The highest BCUT2D eigenvalue weighted by atomic mass is 16.5. The van der Waals surface area contributed by atoms with Crippen LogP contribution in [0.3, 0.4) is 0 Å². The summed E-state index contributed by atoms with van der Waals surface area (Å²) in [4.78, 5) is 11.0. The topological polar surface area (TPSA) is 50.4 Å². The van der Waals surface area contributed by atoms with Crippen LogP contribution in [0.25, 0.3) is 0 Å². The van der Waals surface area contributed by atoms with Crippen LogP contribution >= 0.6 is 0 Å². The molecule has 1 aliphatic rings. The molecule has 16 heavy (non-hydrogen) atoms. The third-order valence-electron chi connectivity index (χ3n) is 2.76. The number of hydrogen-bond acceptors (Lipinski definition) is 4.